The molecule has 0 spiro atoms. The zero-order valence-corrected chi connectivity index (χ0v) is 12.1. The van der Waals surface area contributed by atoms with Gasteiger partial charge in [0.1, 0.15) is 5.76 Å². The van der Waals surface area contributed by atoms with E-state index in [0.717, 1.165) is 11.3 Å². The van der Waals surface area contributed by atoms with Crippen molar-refractivity contribution in [2.24, 2.45) is 0 Å². The van der Waals surface area contributed by atoms with Crippen molar-refractivity contribution in [1.29, 1.82) is 0 Å². The summed E-state index contributed by atoms with van der Waals surface area (Å²) < 4.78 is 6.24. The van der Waals surface area contributed by atoms with Crippen molar-refractivity contribution < 1.29 is 4.42 Å². The van der Waals surface area contributed by atoms with Crippen molar-refractivity contribution in [2.45, 2.75) is 6.04 Å². The Morgan fingerprint density at radius 3 is 2.47 bits per heavy atom. The molecule has 0 aliphatic carbocycles. The summed E-state index contributed by atoms with van der Waals surface area (Å²) in [5, 5.41) is 4.26. The lowest BCUT2D eigenvalue weighted by molar-refractivity contribution is 0.447. The van der Waals surface area contributed by atoms with Crippen LogP contribution in [0, 0.1) is 0 Å². The van der Waals surface area contributed by atoms with Crippen LogP contribution in [0.15, 0.2) is 39.4 Å². The minimum absolute atomic E-state index is 0.0453. The van der Waals surface area contributed by atoms with Gasteiger partial charge in [-0.2, -0.15) is 0 Å². The number of benzene rings is 1. The fraction of sp³-hybridized carbons (Fsp3) is 0.167. The molecule has 2 aromatic rings. The third-order valence-electron chi connectivity index (χ3n) is 2.44. The van der Waals surface area contributed by atoms with Crippen LogP contribution in [0.5, 0.6) is 0 Å². The maximum absolute atomic E-state index is 6.01. The minimum atomic E-state index is -0.0453. The molecule has 0 radical (unpaired) electrons. The Morgan fingerprint density at radius 1 is 1.18 bits per heavy atom. The van der Waals surface area contributed by atoms with E-state index < -0.39 is 0 Å². The second-order valence-corrected chi connectivity index (χ2v) is 5.13. The standard InChI is InChI=1S/C12H10BrCl2NO/c1-16-12(10-4-5-11(13)17-10)7-2-3-8(14)9(15)6-7/h2-6,12,16H,1H3. The average Bonchev–Trinajstić information content (AvgIpc) is 2.71. The van der Waals surface area contributed by atoms with Gasteiger partial charge in [0, 0.05) is 0 Å². The van der Waals surface area contributed by atoms with E-state index in [0.29, 0.717) is 14.7 Å². The predicted octanol–water partition coefficient (Wildman–Crippen LogP) is 4.66. The molecule has 17 heavy (non-hydrogen) atoms. The number of hydrogen-bond donors (Lipinski definition) is 1. The van der Waals surface area contributed by atoms with Crippen LogP contribution in [0.25, 0.3) is 0 Å². The molecule has 0 aliphatic heterocycles. The van der Waals surface area contributed by atoms with Gasteiger partial charge in [-0.3, -0.25) is 0 Å². The summed E-state index contributed by atoms with van der Waals surface area (Å²) in [6.45, 7) is 0. The summed E-state index contributed by atoms with van der Waals surface area (Å²) in [5.74, 6) is 0.817. The van der Waals surface area contributed by atoms with Gasteiger partial charge in [-0.1, -0.05) is 29.3 Å². The van der Waals surface area contributed by atoms with Gasteiger partial charge in [0.25, 0.3) is 0 Å². The molecule has 0 saturated carbocycles. The number of furan rings is 1. The Balaban J connectivity index is 2.38. The largest absolute Gasteiger partial charge is 0.452 e. The summed E-state index contributed by atoms with van der Waals surface area (Å²) in [4.78, 5) is 0. The molecule has 0 bridgehead atoms. The van der Waals surface area contributed by atoms with Gasteiger partial charge in [0.15, 0.2) is 4.67 Å². The molecule has 0 saturated heterocycles. The molecule has 1 atom stereocenters. The Kier molecular flexibility index (Phi) is 4.15. The van der Waals surface area contributed by atoms with Crippen molar-refractivity contribution in [2.75, 3.05) is 7.05 Å². The molecule has 0 amide bonds. The first-order valence-electron chi connectivity index (χ1n) is 4.99. The Bertz CT molecular complexity index is 527. The molecule has 5 heteroatoms. The second-order valence-electron chi connectivity index (χ2n) is 3.54. The zero-order valence-electron chi connectivity index (χ0n) is 9.01. The summed E-state index contributed by atoms with van der Waals surface area (Å²) in [5.41, 5.74) is 1.00. The lowest BCUT2D eigenvalue weighted by Gasteiger charge is -2.14. The van der Waals surface area contributed by atoms with Crippen LogP contribution >= 0.6 is 39.1 Å². The Hall–Kier alpha value is -0.480. The normalized spacial score (nSPS) is 12.7. The molecule has 0 fully saturated rings. The fourth-order valence-corrected chi connectivity index (χ4v) is 2.27. The molecule has 2 rings (SSSR count). The Labute approximate surface area is 118 Å². The molecule has 1 unspecified atom stereocenters. The van der Waals surface area contributed by atoms with Crippen LogP contribution in [-0.2, 0) is 0 Å². The molecular formula is C12H10BrCl2NO. The average molecular weight is 335 g/mol. The van der Waals surface area contributed by atoms with E-state index >= 15 is 0 Å². The second kappa shape index (κ2) is 5.44. The van der Waals surface area contributed by atoms with Gasteiger partial charge in [-0.15, -0.1) is 0 Å². The highest BCUT2D eigenvalue weighted by Crippen LogP contribution is 2.30. The van der Waals surface area contributed by atoms with E-state index in [4.69, 9.17) is 27.6 Å². The number of rotatable bonds is 3. The highest BCUT2D eigenvalue weighted by Gasteiger charge is 2.16. The number of halogens is 3. The lowest BCUT2D eigenvalue weighted by atomic mass is 10.1. The number of hydrogen-bond acceptors (Lipinski definition) is 2. The van der Waals surface area contributed by atoms with E-state index in [2.05, 4.69) is 21.2 Å². The summed E-state index contributed by atoms with van der Waals surface area (Å²) in [6, 6.07) is 9.26. The summed E-state index contributed by atoms with van der Waals surface area (Å²) >= 11 is 15.2. The Morgan fingerprint density at radius 2 is 1.94 bits per heavy atom. The third-order valence-corrected chi connectivity index (χ3v) is 3.61. The van der Waals surface area contributed by atoms with Crippen LogP contribution in [0.1, 0.15) is 17.4 Å². The highest BCUT2D eigenvalue weighted by molar-refractivity contribution is 9.10. The quantitative estimate of drug-likeness (QED) is 0.883. The van der Waals surface area contributed by atoms with E-state index in [1.165, 1.54) is 0 Å². The van der Waals surface area contributed by atoms with Crippen molar-refractivity contribution in [3.63, 3.8) is 0 Å². The monoisotopic (exact) mass is 333 g/mol. The van der Waals surface area contributed by atoms with E-state index in [1.54, 1.807) is 6.07 Å². The zero-order chi connectivity index (χ0) is 12.4. The van der Waals surface area contributed by atoms with Crippen LogP contribution in [0.2, 0.25) is 10.0 Å². The maximum atomic E-state index is 6.01. The first kappa shape index (κ1) is 13.0. The van der Waals surface area contributed by atoms with Gasteiger partial charge < -0.3 is 9.73 Å². The topological polar surface area (TPSA) is 25.2 Å². The predicted molar refractivity (Wildman–Crippen MR) is 73.8 cm³/mol. The smallest absolute Gasteiger partial charge is 0.169 e. The van der Waals surface area contributed by atoms with E-state index in [-0.39, 0.29) is 6.04 Å². The van der Waals surface area contributed by atoms with Gasteiger partial charge in [-0.05, 0) is 52.8 Å². The molecule has 1 N–H and O–H groups in total. The van der Waals surface area contributed by atoms with Crippen LogP contribution in [0.3, 0.4) is 0 Å². The number of nitrogens with one attached hydrogen (secondary N) is 1. The molecule has 1 heterocycles. The van der Waals surface area contributed by atoms with Crippen LogP contribution < -0.4 is 5.32 Å². The van der Waals surface area contributed by atoms with Gasteiger partial charge in [-0.25, -0.2) is 0 Å². The van der Waals surface area contributed by atoms with E-state index in [1.807, 2.05) is 31.3 Å². The molecular weight excluding hydrogens is 325 g/mol. The third kappa shape index (κ3) is 2.86. The first-order chi connectivity index (χ1) is 8.11. The SMILES string of the molecule is CNC(c1ccc(Cl)c(Cl)c1)c1ccc(Br)o1. The fourth-order valence-electron chi connectivity index (χ4n) is 1.65. The molecule has 90 valence electrons. The lowest BCUT2D eigenvalue weighted by Crippen LogP contribution is -2.16. The minimum Gasteiger partial charge on any atom is -0.452 e. The van der Waals surface area contributed by atoms with Crippen LogP contribution in [-0.4, -0.2) is 7.05 Å². The molecule has 1 aromatic heterocycles. The highest BCUT2D eigenvalue weighted by atomic mass is 79.9. The summed E-state index contributed by atoms with van der Waals surface area (Å²) in [6.07, 6.45) is 0. The first-order valence-corrected chi connectivity index (χ1v) is 6.54. The van der Waals surface area contributed by atoms with Crippen molar-refractivity contribution in [1.82, 2.24) is 5.32 Å². The maximum Gasteiger partial charge on any atom is 0.169 e. The van der Waals surface area contributed by atoms with Crippen molar-refractivity contribution >= 4 is 39.1 Å². The van der Waals surface area contributed by atoms with E-state index in [9.17, 15) is 0 Å². The van der Waals surface area contributed by atoms with Gasteiger partial charge in [0.05, 0.1) is 16.1 Å². The van der Waals surface area contributed by atoms with Crippen LogP contribution in [0.4, 0.5) is 0 Å². The summed E-state index contributed by atoms with van der Waals surface area (Å²) in [7, 11) is 1.86. The van der Waals surface area contributed by atoms with Gasteiger partial charge >= 0.3 is 0 Å². The molecule has 2 nitrogen and oxygen atoms in total. The molecule has 1 aromatic carbocycles. The molecule has 0 aliphatic rings. The van der Waals surface area contributed by atoms with Crippen molar-refractivity contribution in [3.05, 3.63) is 56.4 Å². The van der Waals surface area contributed by atoms with Crippen molar-refractivity contribution in [3.8, 4) is 0 Å². The van der Waals surface area contributed by atoms with Gasteiger partial charge in [0.2, 0.25) is 0 Å².